The first kappa shape index (κ1) is 80.5. The predicted molar refractivity (Wildman–Crippen MR) is 482 cm³/mol. The second kappa shape index (κ2) is 32.9. The van der Waals surface area contributed by atoms with Crippen molar-refractivity contribution >= 4 is 144 Å². The van der Waals surface area contributed by atoms with E-state index < -0.39 is 69.8 Å². The summed E-state index contributed by atoms with van der Waals surface area (Å²) in [5.74, 6) is -9.28. The van der Waals surface area contributed by atoms with Gasteiger partial charge in [0, 0.05) is 90.8 Å². The van der Waals surface area contributed by atoms with Crippen LogP contribution in [0.2, 0.25) is 0 Å². The van der Waals surface area contributed by atoms with Crippen LogP contribution in [0, 0.1) is 106 Å². The zero-order valence-corrected chi connectivity index (χ0v) is 66.4. The topological polar surface area (TPSA) is 69.3 Å². The minimum absolute atomic E-state index is 0.0219. The summed E-state index contributed by atoms with van der Waals surface area (Å²) in [6.45, 7) is 15.1. The number of nitriles is 2. The van der Waals surface area contributed by atoms with E-state index in [1.54, 1.807) is 129 Å². The monoisotopic (exact) mass is 1690 g/mol. The van der Waals surface area contributed by atoms with E-state index in [4.69, 9.17) is 13.1 Å². The van der Waals surface area contributed by atoms with E-state index in [1.807, 2.05) is 97.1 Å². The number of halogens is 12. The van der Waals surface area contributed by atoms with Crippen LogP contribution < -0.4 is 19.6 Å². The lowest BCUT2D eigenvalue weighted by molar-refractivity contribution is 0.584. The molecule has 0 fully saturated rings. The fourth-order valence-electron chi connectivity index (χ4n) is 17.2. The number of benzene rings is 20. The fourth-order valence-corrected chi connectivity index (χ4v) is 17.2. The highest BCUT2D eigenvalue weighted by Gasteiger charge is 2.33. The highest BCUT2D eigenvalue weighted by Crippen LogP contribution is 2.55. The summed E-state index contributed by atoms with van der Waals surface area (Å²) in [6, 6.07) is 89.6. The van der Waals surface area contributed by atoms with Crippen LogP contribution in [-0.2, 0) is 0 Å². The molecule has 8 nitrogen and oxygen atoms in total. The van der Waals surface area contributed by atoms with Crippen molar-refractivity contribution in [3.63, 3.8) is 0 Å². The Morgan fingerprint density at radius 1 is 0.227 bits per heavy atom. The van der Waals surface area contributed by atoms with Gasteiger partial charge < -0.3 is 19.6 Å². The number of rotatable bonds is 16. The third-order valence-electron chi connectivity index (χ3n) is 22.8. The second-order valence-electron chi connectivity index (χ2n) is 30.3. The summed E-state index contributed by atoms with van der Waals surface area (Å²) < 4.78 is 185. The molecule has 0 heterocycles. The van der Waals surface area contributed by atoms with E-state index in [1.165, 1.54) is 97.1 Å². The molecule has 0 aromatic heterocycles. The van der Waals surface area contributed by atoms with Gasteiger partial charge in [0.25, 0.3) is 0 Å². The van der Waals surface area contributed by atoms with E-state index in [0.29, 0.717) is 101 Å². The van der Waals surface area contributed by atoms with Crippen molar-refractivity contribution in [2.24, 2.45) is 0 Å². The molecule has 612 valence electrons. The quantitative estimate of drug-likeness (QED) is 0.0545. The van der Waals surface area contributed by atoms with Gasteiger partial charge in [0.2, 0.25) is 0 Å². The zero-order chi connectivity index (χ0) is 88.4. The van der Waals surface area contributed by atoms with Gasteiger partial charge >= 0.3 is 0 Å². The van der Waals surface area contributed by atoms with E-state index >= 15 is 35.1 Å². The number of hydrogen-bond donors (Lipinski definition) is 0. The summed E-state index contributed by atoms with van der Waals surface area (Å²) in [7, 11) is 0. The Balaban J connectivity index is 0.000000167. The molecule has 0 saturated carbocycles. The van der Waals surface area contributed by atoms with Gasteiger partial charge in [-0.25, -0.2) is 62.4 Å². The van der Waals surface area contributed by atoms with E-state index in [-0.39, 0.29) is 56.1 Å². The van der Waals surface area contributed by atoms with Crippen LogP contribution in [-0.4, -0.2) is 0 Å². The smallest absolute Gasteiger partial charge is 0.187 e. The molecule has 128 heavy (non-hydrogen) atoms. The lowest BCUT2D eigenvalue weighted by Gasteiger charge is -2.31. The summed E-state index contributed by atoms with van der Waals surface area (Å²) in [6.07, 6.45) is 0. The summed E-state index contributed by atoms with van der Waals surface area (Å²) in [5, 5.41) is 28.1. The molecular weight excluding hydrogens is 1640 g/mol. The Kier molecular flexibility index (Phi) is 20.7. The van der Waals surface area contributed by atoms with Crippen molar-refractivity contribution in [3.05, 3.63) is 443 Å². The lowest BCUT2D eigenvalue weighted by Crippen LogP contribution is -2.15. The highest BCUT2D eigenvalue weighted by atomic mass is 19.2. The van der Waals surface area contributed by atoms with Gasteiger partial charge in [-0.3, -0.25) is 0 Å². The summed E-state index contributed by atoms with van der Waals surface area (Å²) in [4.78, 5) is 13.6. The standard InChI is InChI=1S/2C54H28F6N4/c1-62-40-16-20-42(21-17-40)64(54-46(27-39(58)29-48(54)60)33-6-14-37(56)15-7-33)50-25-11-35-8-22-43-49(24-10-34-9-23-44(50)52(35)51(34)43)63(41-18-2-31(30-61)3-19-41)53-45(26-38(57)28-47(53)59)32-4-12-36(55)13-5-32;1-62-40-14-18-42(19-15-40)64(54-46(27-39(58)29-48(54)60)35-5-3-7-37(56)25-35)50-23-13-33-10-20-43-49(22-12-32-11-21-44(50)52(33)51(32)43)63(41-16-8-31(30-61)9-17-41)53-45(26-38(57)28-47(53)59)34-4-2-6-36(55)24-34/h2*2-29H. The largest absolute Gasteiger partial charge is 0.307 e. The molecule has 20 aromatic rings. The molecule has 0 aliphatic carbocycles. The maximum absolute atomic E-state index is 16.7. The van der Waals surface area contributed by atoms with Gasteiger partial charge in [-0.1, -0.05) is 146 Å². The molecule has 0 radical (unpaired) electrons. The maximum Gasteiger partial charge on any atom is 0.187 e. The first-order chi connectivity index (χ1) is 62.2. The summed E-state index contributed by atoms with van der Waals surface area (Å²) >= 11 is 0. The van der Waals surface area contributed by atoms with Crippen molar-refractivity contribution in [1.82, 2.24) is 0 Å². The van der Waals surface area contributed by atoms with Gasteiger partial charge in [-0.15, -0.1) is 0 Å². The number of nitrogens with zero attached hydrogens (tertiary/aromatic N) is 8. The van der Waals surface area contributed by atoms with Crippen LogP contribution in [0.5, 0.6) is 0 Å². The Bertz CT molecular complexity index is 7550. The summed E-state index contributed by atoms with van der Waals surface area (Å²) in [5.41, 5.74) is 6.46. The molecule has 20 aromatic carbocycles. The molecule has 0 unspecified atom stereocenters. The predicted octanol–water partition coefficient (Wildman–Crippen LogP) is 32.2. The van der Waals surface area contributed by atoms with Gasteiger partial charge in [0.05, 0.1) is 81.9 Å². The minimum atomic E-state index is -0.924. The normalized spacial score (nSPS) is 11.2. The molecule has 0 N–H and O–H groups in total. The molecule has 0 bridgehead atoms. The third-order valence-corrected chi connectivity index (χ3v) is 22.8. The molecule has 0 amide bonds. The number of anilines is 12. The fraction of sp³-hybridized carbons (Fsp3) is 0. The third kappa shape index (κ3) is 14.5. The highest BCUT2D eigenvalue weighted by molar-refractivity contribution is 6.30. The average molecular weight is 1690 g/mol. The van der Waals surface area contributed by atoms with Gasteiger partial charge in [0.1, 0.15) is 46.5 Å². The SMILES string of the molecule is [C-]#[N+]c1ccc(N(c2c(F)cc(F)cc2-c2ccc(F)cc2)c2ccc3ccc4c(N(c5ccc(C#N)cc5)c5c(F)cc(F)cc5-c5ccc(F)cc5)ccc5ccc2c3c54)cc1.[C-]#[N+]c1ccc(N(c2c(F)cc(F)cc2-c2cccc(F)c2)c2ccc3ccc4c(N(c5ccc(C#N)cc5)c5c(F)cc(F)cc5-c5cccc(F)c5)ccc5ccc2c3c54)cc1. The van der Waals surface area contributed by atoms with Crippen LogP contribution in [0.3, 0.4) is 0 Å². The van der Waals surface area contributed by atoms with E-state index in [9.17, 15) is 28.1 Å². The van der Waals surface area contributed by atoms with Gasteiger partial charge in [0.15, 0.2) is 34.6 Å². The Morgan fingerprint density at radius 2 is 0.477 bits per heavy atom. The first-order valence-corrected chi connectivity index (χ1v) is 39.8. The molecule has 20 heteroatoms. The molecule has 20 rings (SSSR count). The van der Waals surface area contributed by atoms with Crippen molar-refractivity contribution < 1.29 is 52.7 Å². The molecule has 0 atom stereocenters. The van der Waals surface area contributed by atoms with Crippen molar-refractivity contribution in [3.8, 4) is 56.6 Å². The minimum Gasteiger partial charge on any atom is -0.307 e. The second-order valence-corrected chi connectivity index (χ2v) is 30.3. The molecular formula is C108H56F12N8. The van der Waals surface area contributed by atoms with Gasteiger partial charge in [-0.05, 0) is 235 Å². The molecule has 0 saturated heterocycles. The Morgan fingerprint density at radius 3 is 0.727 bits per heavy atom. The van der Waals surface area contributed by atoms with Crippen LogP contribution in [0.25, 0.3) is 119 Å². The maximum atomic E-state index is 16.7. The lowest BCUT2D eigenvalue weighted by atomic mass is 9.91. The van der Waals surface area contributed by atoms with Crippen molar-refractivity contribution in [2.45, 2.75) is 0 Å². The Labute approximate surface area is 723 Å². The molecule has 0 aliphatic heterocycles. The average Bonchev–Trinajstić information content (AvgIpc) is 0.718. The van der Waals surface area contributed by atoms with Crippen LogP contribution in [0.15, 0.2) is 340 Å². The molecule has 0 spiro atoms. The first-order valence-electron chi connectivity index (χ1n) is 39.8. The van der Waals surface area contributed by atoms with E-state index in [0.717, 1.165) is 79.5 Å². The van der Waals surface area contributed by atoms with Gasteiger partial charge in [-0.2, -0.15) is 10.5 Å². The molecule has 0 aliphatic rings. The van der Waals surface area contributed by atoms with Crippen LogP contribution in [0.1, 0.15) is 11.1 Å². The Hall–Kier alpha value is -17.2. The van der Waals surface area contributed by atoms with Crippen LogP contribution in [0.4, 0.5) is 132 Å². The van der Waals surface area contributed by atoms with Crippen LogP contribution >= 0.6 is 0 Å². The van der Waals surface area contributed by atoms with E-state index in [2.05, 4.69) is 21.8 Å². The van der Waals surface area contributed by atoms with Crippen molar-refractivity contribution in [2.75, 3.05) is 19.6 Å². The number of hydrogen-bond acceptors (Lipinski definition) is 6. The zero-order valence-electron chi connectivity index (χ0n) is 66.4. The van der Waals surface area contributed by atoms with Crippen molar-refractivity contribution in [1.29, 1.82) is 10.5 Å².